The maximum absolute atomic E-state index is 13.0. The molecule has 0 aliphatic carbocycles. The SMILES string of the molecule is Cc1nc(COc2ccc(F)cc2)sc1C(=O)O[C@@H](C)c1nc2ccccc2c(=O)[nH]1. The number of carbonyl (C=O) groups is 1. The highest BCUT2D eigenvalue weighted by Gasteiger charge is 2.21. The summed E-state index contributed by atoms with van der Waals surface area (Å²) in [6.07, 6.45) is -0.759. The number of carbonyl (C=O) groups excluding carboxylic acids is 1. The molecule has 0 aliphatic heterocycles. The number of hydrogen-bond donors (Lipinski definition) is 1. The molecule has 2 aromatic carbocycles. The summed E-state index contributed by atoms with van der Waals surface area (Å²) >= 11 is 1.16. The van der Waals surface area contributed by atoms with Crippen LogP contribution >= 0.6 is 11.3 Å². The second-order valence-corrected chi connectivity index (χ2v) is 7.86. The Morgan fingerprint density at radius 1 is 1.16 bits per heavy atom. The zero-order valence-corrected chi connectivity index (χ0v) is 17.5. The van der Waals surface area contributed by atoms with Crippen molar-refractivity contribution in [1.82, 2.24) is 15.0 Å². The molecule has 4 aromatic rings. The van der Waals surface area contributed by atoms with E-state index in [0.29, 0.717) is 32.2 Å². The largest absolute Gasteiger partial charge is 0.486 e. The number of nitrogens with zero attached hydrogens (tertiary/aromatic N) is 2. The quantitative estimate of drug-likeness (QED) is 0.450. The van der Waals surface area contributed by atoms with Crippen LogP contribution in [0.1, 0.15) is 39.2 Å². The van der Waals surface area contributed by atoms with Crippen LogP contribution in [-0.2, 0) is 11.3 Å². The first kappa shape index (κ1) is 20.7. The fourth-order valence-electron chi connectivity index (χ4n) is 2.95. The molecule has 2 heterocycles. The van der Waals surface area contributed by atoms with Crippen molar-refractivity contribution < 1.29 is 18.7 Å². The second kappa shape index (κ2) is 8.65. The molecule has 0 fully saturated rings. The van der Waals surface area contributed by atoms with Crippen LogP contribution in [0.5, 0.6) is 5.75 Å². The van der Waals surface area contributed by atoms with Gasteiger partial charge in [0.1, 0.15) is 28.1 Å². The molecule has 0 amide bonds. The maximum atomic E-state index is 13.0. The van der Waals surface area contributed by atoms with Crippen molar-refractivity contribution in [3.8, 4) is 5.75 Å². The Balaban J connectivity index is 1.46. The Labute approximate surface area is 180 Å². The van der Waals surface area contributed by atoms with Crippen molar-refractivity contribution in [2.24, 2.45) is 0 Å². The topological polar surface area (TPSA) is 94.2 Å². The summed E-state index contributed by atoms with van der Waals surface area (Å²) in [6, 6.07) is 12.6. The molecule has 7 nitrogen and oxygen atoms in total. The summed E-state index contributed by atoms with van der Waals surface area (Å²) < 4.78 is 24.1. The summed E-state index contributed by atoms with van der Waals surface area (Å²) in [5.74, 6) is -0.150. The van der Waals surface area contributed by atoms with Gasteiger partial charge in [0.2, 0.25) is 0 Å². The number of hydrogen-bond acceptors (Lipinski definition) is 7. The lowest BCUT2D eigenvalue weighted by molar-refractivity contribution is 0.0325. The third-order valence-electron chi connectivity index (χ3n) is 4.50. The number of thiazole rings is 1. The zero-order chi connectivity index (χ0) is 22.0. The van der Waals surface area contributed by atoms with Gasteiger partial charge in [-0.2, -0.15) is 0 Å². The number of fused-ring (bicyclic) bond motifs is 1. The fourth-order valence-corrected chi connectivity index (χ4v) is 3.81. The summed E-state index contributed by atoms with van der Waals surface area (Å²) in [7, 11) is 0. The molecule has 0 unspecified atom stereocenters. The van der Waals surface area contributed by atoms with Gasteiger partial charge in [0, 0.05) is 0 Å². The van der Waals surface area contributed by atoms with Crippen molar-refractivity contribution >= 4 is 28.2 Å². The Bertz CT molecular complexity index is 1300. The number of benzene rings is 2. The van der Waals surface area contributed by atoms with Crippen LogP contribution in [0.2, 0.25) is 0 Å². The number of aryl methyl sites for hydroxylation is 1. The smallest absolute Gasteiger partial charge is 0.350 e. The molecule has 2 aromatic heterocycles. The first-order valence-corrected chi connectivity index (χ1v) is 10.3. The minimum absolute atomic E-state index is 0.138. The lowest BCUT2D eigenvalue weighted by Crippen LogP contribution is -2.17. The first-order chi connectivity index (χ1) is 14.9. The molecule has 1 atom stereocenters. The van der Waals surface area contributed by atoms with E-state index in [1.54, 1.807) is 38.1 Å². The summed E-state index contributed by atoms with van der Waals surface area (Å²) in [6.45, 7) is 3.48. The van der Waals surface area contributed by atoms with Crippen molar-refractivity contribution in [3.05, 3.63) is 86.1 Å². The molecule has 158 valence electrons. The van der Waals surface area contributed by atoms with Gasteiger partial charge >= 0.3 is 5.97 Å². The highest BCUT2D eigenvalue weighted by atomic mass is 32.1. The van der Waals surface area contributed by atoms with E-state index in [0.717, 1.165) is 11.3 Å². The average molecular weight is 439 g/mol. The van der Waals surface area contributed by atoms with Crippen molar-refractivity contribution in [2.45, 2.75) is 26.6 Å². The molecule has 0 spiro atoms. The van der Waals surface area contributed by atoms with Gasteiger partial charge in [-0.15, -0.1) is 11.3 Å². The average Bonchev–Trinajstić information content (AvgIpc) is 3.14. The Morgan fingerprint density at radius 2 is 1.90 bits per heavy atom. The van der Waals surface area contributed by atoms with E-state index in [-0.39, 0.29) is 23.8 Å². The highest BCUT2D eigenvalue weighted by molar-refractivity contribution is 7.13. The molecule has 31 heavy (non-hydrogen) atoms. The van der Waals surface area contributed by atoms with Crippen LogP contribution in [0.3, 0.4) is 0 Å². The van der Waals surface area contributed by atoms with E-state index in [4.69, 9.17) is 9.47 Å². The minimum Gasteiger partial charge on any atom is -0.486 e. The number of esters is 1. The Hall–Kier alpha value is -3.59. The lowest BCUT2D eigenvalue weighted by Gasteiger charge is -2.12. The summed E-state index contributed by atoms with van der Waals surface area (Å²) in [5, 5.41) is 1.05. The summed E-state index contributed by atoms with van der Waals surface area (Å²) in [5.41, 5.74) is 0.746. The van der Waals surface area contributed by atoms with Crippen LogP contribution in [0, 0.1) is 12.7 Å². The number of aromatic nitrogens is 3. The van der Waals surface area contributed by atoms with E-state index in [1.165, 1.54) is 24.3 Å². The third kappa shape index (κ3) is 4.61. The fraction of sp³-hybridized carbons (Fsp3) is 0.182. The number of rotatable bonds is 6. The van der Waals surface area contributed by atoms with E-state index in [2.05, 4.69) is 15.0 Å². The lowest BCUT2D eigenvalue weighted by atomic mass is 10.2. The molecule has 0 saturated carbocycles. The van der Waals surface area contributed by atoms with Crippen LogP contribution < -0.4 is 10.3 Å². The Kier molecular flexibility index (Phi) is 5.77. The van der Waals surface area contributed by atoms with Crippen LogP contribution in [-0.4, -0.2) is 20.9 Å². The molecule has 1 N–H and O–H groups in total. The van der Waals surface area contributed by atoms with Gasteiger partial charge in [-0.25, -0.2) is 19.2 Å². The molecular weight excluding hydrogens is 421 g/mol. The van der Waals surface area contributed by atoms with Gasteiger partial charge in [0.25, 0.3) is 5.56 Å². The van der Waals surface area contributed by atoms with Gasteiger partial charge in [-0.05, 0) is 50.2 Å². The van der Waals surface area contributed by atoms with Crippen molar-refractivity contribution in [2.75, 3.05) is 0 Å². The predicted octanol–water partition coefficient (Wildman–Crippen LogP) is 4.32. The number of para-hydroxylation sites is 1. The normalized spacial score (nSPS) is 12.0. The number of ether oxygens (including phenoxy) is 2. The number of aromatic amines is 1. The van der Waals surface area contributed by atoms with Gasteiger partial charge in [0.05, 0.1) is 16.6 Å². The molecule has 0 bridgehead atoms. The Morgan fingerprint density at radius 3 is 2.68 bits per heavy atom. The number of H-pyrrole nitrogens is 1. The van der Waals surface area contributed by atoms with Crippen molar-refractivity contribution in [1.29, 1.82) is 0 Å². The molecular formula is C22H18FN3O4S. The molecule has 0 aliphatic rings. The van der Waals surface area contributed by atoms with E-state index in [9.17, 15) is 14.0 Å². The standard InChI is InChI=1S/C22H18FN3O4S/c1-12-19(31-18(24-12)11-29-15-9-7-14(23)8-10-15)22(28)30-13(2)20-25-17-6-4-3-5-16(17)21(27)26-20/h3-10,13H,11H2,1-2H3,(H,25,26,27)/t13-/m0/s1. The van der Waals surface area contributed by atoms with E-state index >= 15 is 0 Å². The van der Waals surface area contributed by atoms with E-state index < -0.39 is 12.1 Å². The highest BCUT2D eigenvalue weighted by Crippen LogP contribution is 2.24. The van der Waals surface area contributed by atoms with E-state index in [1.807, 2.05) is 0 Å². The summed E-state index contributed by atoms with van der Waals surface area (Å²) in [4.78, 5) is 36.7. The third-order valence-corrected chi connectivity index (χ3v) is 5.61. The number of halogens is 1. The van der Waals surface area contributed by atoms with Gasteiger partial charge in [0.15, 0.2) is 11.9 Å². The molecule has 4 rings (SSSR count). The van der Waals surface area contributed by atoms with Gasteiger partial charge in [-0.3, -0.25) is 4.79 Å². The van der Waals surface area contributed by atoms with Gasteiger partial charge < -0.3 is 14.5 Å². The maximum Gasteiger partial charge on any atom is 0.350 e. The molecule has 9 heteroatoms. The number of nitrogens with one attached hydrogen (secondary N) is 1. The van der Waals surface area contributed by atoms with Crippen LogP contribution in [0.25, 0.3) is 10.9 Å². The van der Waals surface area contributed by atoms with Gasteiger partial charge in [-0.1, -0.05) is 12.1 Å². The van der Waals surface area contributed by atoms with Crippen molar-refractivity contribution in [3.63, 3.8) is 0 Å². The molecule has 0 saturated heterocycles. The van der Waals surface area contributed by atoms with Crippen LogP contribution in [0.15, 0.2) is 53.3 Å². The zero-order valence-electron chi connectivity index (χ0n) is 16.7. The molecule has 0 radical (unpaired) electrons. The second-order valence-electron chi connectivity index (χ2n) is 6.78. The first-order valence-electron chi connectivity index (χ1n) is 9.45. The minimum atomic E-state index is -0.759. The monoisotopic (exact) mass is 439 g/mol. The van der Waals surface area contributed by atoms with Crippen LogP contribution in [0.4, 0.5) is 4.39 Å². The predicted molar refractivity (Wildman–Crippen MR) is 114 cm³/mol.